The summed E-state index contributed by atoms with van der Waals surface area (Å²) >= 11 is 0. The second-order valence-corrected chi connectivity index (χ2v) is 3.78. The van der Waals surface area contributed by atoms with Gasteiger partial charge in [0, 0.05) is 12.0 Å². The number of aliphatic carboxylic acids is 1. The lowest BCUT2D eigenvalue weighted by atomic mass is 9.92. The molecule has 0 spiro atoms. The summed E-state index contributed by atoms with van der Waals surface area (Å²) in [6.07, 6.45) is 0.588. The molecule has 0 aromatic heterocycles. The van der Waals surface area contributed by atoms with Crippen LogP contribution in [0.5, 0.6) is 0 Å². The van der Waals surface area contributed by atoms with Crippen LogP contribution in [0.2, 0.25) is 0 Å². The zero-order valence-corrected chi connectivity index (χ0v) is 8.12. The molecule has 0 unspecified atom stereocenters. The molecule has 1 aliphatic rings. The summed E-state index contributed by atoms with van der Waals surface area (Å²) in [5.74, 6) is -0.959. The fourth-order valence-electron chi connectivity index (χ4n) is 2.00. The monoisotopic (exact) mass is 191 g/mol. The van der Waals surface area contributed by atoms with Gasteiger partial charge in [-0.15, -0.1) is 0 Å². The number of carbonyl (C=O) groups excluding carboxylic acids is 1. The first-order chi connectivity index (χ1) is 6.68. The Morgan fingerprint density at radius 1 is 1.57 bits per heavy atom. The maximum Gasteiger partial charge on any atom is 0.130 e. The molecule has 3 heteroatoms. The molecule has 3 nitrogen and oxygen atoms in total. The number of carboxylic acid groups (broad SMARTS) is 1. The Labute approximate surface area is 82.8 Å². The molecule has 0 amide bonds. The molecule has 74 valence electrons. The number of carboxylic acids is 1. The normalized spacial score (nSPS) is 20.2. The van der Waals surface area contributed by atoms with E-state index < -0.39 is 12.0 Å². The molecule has 1 aromatic rings. The van der Waals surface area contributed by atoms with Crippen molar-refractivity contribution in [3.8, 4) is 0 Å². The number of carbonyl (C=O) groups is 1. The Balaban J connectivity index is 2.33. The summed E-state index contributed by atoms with van der Waals surface area (Å²) in [6, 6.07) is 5.69. The van der Waals surface area contributed by atoms with Crippen molar-refractivity contribution in [3.05, 3.63) is 34.9 Å². The number of rotatable bonds is 1. The van der Waals surface area contributed by atoms with Crippen molar-refractivity contribution >= 4 is 5.97 Å². The predicted octanol–water partition coefficient (Wildman–Crippen LogP) is -1.27. The van der Waals surface area contributed by atoms with E-state index >= 15 is 0 Å². The lowest BCUT2D eigenvalue weighted by molar-refractivity contribution is -0.701. The Bertz CT molecular complexity index is 374. The standard InChI is InChI=1S/C11H13NO2/c1-7-3-2-4-8-6-12-10(11(13)14)5-9(7)8/h2-4,10,12H,5-6H2,1H3,(H,13,14)/t10-/m0/s1. The van der Waals surface area contributed by atoms with Gasteiger partial charge < -0.3 is 15.2 Å². The highest BCUT2D eigenvalue weighted by Crippen LogP contribution is 2.17. The Hall–Kier alpha value is -1.35. The third-order valence-electron chi connectivity index (χ3n) is 2.86. The van der Waals surface area contributed by atoms with Crippen LogP contribution in [0.1, 0.15) is 16.7 Å². The molecule has 1 atom stereocenters. The lowest BCUT2D eigenvalue weighted by Crippen LogP contribution is -2.93. The van der Waals surface area contributed by atoms with Crippen LogP contribution in [0, 0.1) is 6.92 Å². The molecule has 0 aliphatic carbocycles. The molecule has 2 rings (SSSR count). The minimum absolute atomic E-state index is 0.413. The topological polar surface area (TPSA) is 56.7 Å². The van der Waals surface area contributed by atoms with Gasteiger partial charge in [-0.3, -0.25) is 0 Å². The van der Waals surface area contributed by atoms with Crippen LogP contribution in [0.15, 0.2) is 18.2 Å². The van der Waals surface area contributed by atoms with Crippen molar-refractivity contribution in [1.29, 1.82) is 0 Å². The largest absolute Gasteiger partial charge is 0.544 e. The third kappa shape index (κ3) is 1.51. The molecular weight excluding hydrogens is 178 g/mol. The summed E-state index contributed by atoms with van der Waals surface area (Å²) in [4.78, 5) is 10.7. The van der Waals surface area contributed by atoms with Gasteiger partial charge in [0.2, 0.25) is 0 Å². The number of nitrogens with two attached hydrogens (primary N) is 1. The highest BCUT2D eigenvalue weighted by molar-refractivity contribution is 5.70. The van der Waals surface area contributed by atoms with Gasteiger partial charge in [-0.2, -0.15) is 0 Å². The highest BCUT2D eigenvalue weighted by Gasteiger charge is 2.22. The molecule has 1 aromatic carbocycles. The van der Waals surface area contributed by atoms with E-state index in [1.807, 2.05) is 24.4 Å². The van der Waals surface area contributed by atoms with Gasteiger partial charge in [-0.1, -0.05) is 18.2 Å². The van der Waals surface area contributed by atoms with E-state index in [0.717, 1.165) is 6.54 Å². The molecular formula is C11H13NO2. The average molecular weight is 191 g/mol. The van der Waals surface area contributed by atoms with Crippen molar-refractivity contribution in [2.45, 2.75) is 25.9 Å². The highest BCUT2D eigenvalue weighted by atomic mass is 16.4. The van der Waals surface area contributed by atoms with E-state index in [1.165, 1.54) is 16.7 Å². The summed E-state index contributed by atoms with van der Waals surface area (Å²) < 4.78 is 0. The molecule has 0 saturated heterocycles. The lowest BCUT2D eigenvalue weighted by Gasteiger charge is -2.24. The smallest absolute Gasteiger partial charge is 0.130 e. The summed E-state index contributed by atoms with van der Waals surface area (Å²) in [6.45, 7) is 2.77. The number of benzene rings is 1. The van der Waals surface area contributed by atoms with E-state index in [9.17, 15) is 9.90 Å². The van der Waals surface area contributed by atoms with Gasteiger partial charge in [-0.05, 0) is 18.1 Å². The number of hydrogen-bond donors (Lipinski definition) is 1. The van der Waals surface area contributed by atoms with Crippen molar-refractivity contribution in [3.63, 3.8) is 0 Å². The summed E-state index contributed by atoms with van der Waals surface area (Å²) in [7, 11) is 0. The minimum atomic E-state index is -0.959. The van der Waals surface area contributed by atoms with E-state index in [0.29, 0.717) is 6.42 Å². The number of quaternary nitrogens is 1. The van der Waals surface area contributed by atoms with E-state index in [1.54, 1.807) is 0 Å². The van der Waals surface area contributed by atoms with Gasteiger partial charge in [-0.25, -0.2) is 0 Å². The van der Waals surface area contributed by atoms with Crippen molar-refractivity contribution in [1.82, 2.24) is 0 Å². The van der Waals surface area contributed by atoms with Crippen LogP contribution >= 0.6 is 0 Å². The zero-order chi connectivity index (χ0) is 10.1. The fourth-order valence-corrected chi connectivity index (χ4v) is 2.00. The molecule has 0 bridgehead atoms. The molecule has 2 N–H and O–H groups in total. The maximum absolute atomic E-state index is 10.7. The first-order valence-corrected chi connectivity index (χ1v) is 4.80. The van der Waals surface area contributed by atoms with Gasteiger partial charge >= 0.3 is 0 Å². The second-order valence-electron chi connectivity index (χ2n) is 3.78. The SMILES string of the molecule is Cc1cccc2c1C[C@@H](C(=O)[O-])[NH2+]C2. The minimum Gasteiger partial charge on any atom is -0.544 e. The van der Waals surface area contributed by atoms with Crippen LogP contribution in [-0.2, 0) is 17.8 Å². The van der Waals surface area contributed by atoms with Gasteiger partial charge in [0.25, 0.3) is 0 Å². The zero-order valence-electron chi connectivity index (χ0n) is 8.12. The average Bonchev–Trinajstić information content (AvgIpc) is 2.18. The predicted molar refractivity (Wildman–Crippen MR) is 49.3 cm³/mol. The molecule has 0 saturated carbocycles. The Kier molecular flexibility index (Phi) is 2.25. The maximum atomic E-state index is 10.7. The van der Waals surface area contributed by atoms with Crippen molar-refractivity contribution < 1.29 is 15.2 Å². The molecule has 14 heavy (non-hydrogen) atoms. The van der Waals surface area contributed by atoms with Crippen LogP contribution in [-0.4, -0.2) is 12.0 Å². The van der Waals surface area contributed by atoms with E-state index in [-0.39, 0.29) is 0 Å². The van der Waals surface area contributed by atoms with E-state index in [4.69, 9.17) is 0 Å². The summed E-state index contributed by atoms with van der Waals surface area (Å²) in [5, 5.41) is 12.6. The molecule has 1 aliphatic heterocycles. The Morgan fingerprint density at radius 2 is 2.36 bits per heavy atom. The number of hydrogen-bond acceptors (Lipinski definition) is 2. The summed E-state index contributed by atoms with van der Waals surface area (Å²) in [5.41, 5.74) is 3.62. The van der Waals surface area contributed by atoms with Crippen molar-refractivity contribution in [2.75, 3.05) is 0 Å². The van der Waals surface area contributed by atoms with Crippen LogP contribution < -0.4 is 10.4 Å². The van der Waals surface area contributed by atoms with Crippen LogP contribution in [0.25, 0.3) is 0 Å². The Morgan fingerprint density at radius 3 is 3.07 bits per heavy atom. The number of aryl methyl sites for hydroxylation is 1. The van der Waals surface area contributed by atoms with Gasteiger partial charge in [0.1, 0.15) is 12.6 Å². The first kappa shape index (κ1) is 9.21. The molecule has 1 heterocycles. The van der Waals surface area contributed by atoms with Crippen molar-refractivity contribution in [2.24, 2.45) is 0 Å². The quantitative estimate of drug-likeness (QED) is 0.602. The van der Waals surface area contributed by atoms with Gasteiger partial charge in [0.15, 0.2) is 0 Å². The molecule has 0 fully saturated rings. The molecule has 0 radical (unpaired) electrons. The van der Waals surface area contributed by atoms with Gasteiger partial charge in [0.05, 0.1) is 5.97 Å². The van der Waals surface area contributed by atoms with Crippen LogP contribution in [0.4, 0.5) is 0 Å². The third-order valence-corrected chi connectivity index (χ3v) is 2.86. The number of fused-ring (bicyclic) bond motifs is 1. The second kappa shape index (κ2) is 3.42. The van der Waals surface area contributed by atoms with Crippen LogP contribution in [0.3, 0.4) is 0 Å². The van der Waals surface area contributed by atoms with E-state index in [2.05, 4.69) is 6.07 Å². The fraction of sp³-hybridized carbons (Fsp3) is 0.364. The first-order valence-electron chi connectivity index (χ1n) is 4.80.